The molecule has 0 amide bonds. The van der Waals surface area contributed by atoms with Crippen molar-refractivity contribution in [3.8, 4) is 0 Å². The van der Waals surface area contributed by atoms with Crippen molar-refractivity contribution in [1.29, 1.82) is 0 Å². The molecule has 1 fully saturated rings. The zero-order valence-electron chi connectivity index (χ0n) is 9.97. The number of aliphatic hydroxyl groups is 1. The van der Waals surface area contributed by atoms with Crippen LogP contribution in [0.2, 0.25) is 0 Å². The molecule has 0 bridgehead atoms. The van der Waals surface area contributed by atoms with Gasteiger partial charge in [0.25, 0.3) is 0 Å². The molecule has 0 spiro atoms. The third-order valence-corrected chi connectivity index (χ3v) is 3.95. The second-order valence-corrected chi connectivity index (χ2v) is 5.03. The Bertz CT molecular complexity index is 512. The molecule has 0 heterocycles. The highest BCUT2D eigenvalue weighted by Crippen LogP contribution is 2.36. The van der Waals surface area contributed by atoms with E-state index < -0.39 is 0 Å². The Morgan fingerprint density at radius 2 is 1.65 bits per heavy atom. The van der Waals surface area contributed by atoms with Gasteiger partial charge in [0.1, 0.15) is 0 Å². The average Bonchev–Trinajstić information content (AvgIpc) is 2.39. The number of fused-ring (bicyclic) bond motifs is 1. The summed E-state index contributed by atoms with van der Waals surface area (Å²) in [5.74, 6) is 0.329. The normalized spacial score (nSPS) is 25.0. The van der Waals surface area contributed by atoms with Gasteiger partial charge in [-0.3, -0.25) is 0 Å². The summed E-state index contributed by atoms with van der Waals surface area (Å²) in [6.07, 6.45) is 4.32. The highest BCUT2D eigenvalue weighted by molar-refractivity contribution is 5.86. The van der Waals surface area contributed by atoms with Gasteiger partial charge in [-0.25, -0.2) is 0 Å². The Morgan fingerprint density at radius 1 is 0.882 bits per heavy atom. The molecule has 2 atom stereocenters. The summed E-state index contributed by atoms with van der Waals surface area (Å²) in [5, 5.41) is 12.8. The summed E-state index contributed by atoms with van der Waals surface area (Å²) in [6, 6.07) is 14.9. The second-order valence-electron chi connectivity index (χ2n) is 5.03. The molecule has 1 N–H and O–H groups in total. The molecule has 2 aromatic rings. The van der Waals surface area contributed by atoms with Crippen LogP contribution in [0.15, 0.2) is 42.5 Å². The second kappa shape index (κ2) is 4.50. The SMILES string of the molecule is O[C@H]1CCCC[C@H]1c1cccc2ccccc12. The Morgan fingerprint density at radius 3 is 2.53 bits per heavy atom. The number of rotatable bonds is 1. The van der Waals surface area contributed by atoms with Gasteiger partial charge in [-0.2, -0.15) is 0 Å². The van der Waals surface area contributed by atoms with E-state index in [-0.39, 0.29) is 6.10 Å². The lowest BCUT2D eigenvalue weighted by Gasteiger charge is -2.28. The summed E-state index contributed by atoms with van der Waals surface area (Å²) in [7, 11) is 0. The predicted octanol–water partition coefficient (Wildman–Crippen LogP) is 3.86. The van der Waals surface area contributed by atoms with Crippen molar-refractivity contribution in [3.63, 3.8) is 0 Å². The Hall–Kier alpha value is -1.34. The minimum Gasteiger partial charge on any atom is -0.392 e. The van der Waals surface area contributed by atoms with Gasteiger partial charge in [0.2, 0.25) is 0 Å². The fraction of sp³-hybridized carbons (Fsp3) is 0.375. The van der Waals surface area contributed by atoms with Crippen LogP contribution in [0.5, 0.6) is 0 Å². The summed E-state index contributed by atoms with van der Waals surface area (Å²) in [5.41, 5.74) is 1.33. The van der Waals surface area contributed by atoms with Crippen molar-refractivity contribution in [2.75, 3.05) is 0 Å². The smallest absolute Gasteiger partial charge is 0.0608 e. The van der Waals surface area contributed by atoms with Gasteiger partial charge in [-0.05, 0) is 29.2 Å². The van der Waals surface area contributed by atoms with E-state index in [4.69, 9.17) is 0 Å². The van der Waals surface area contributed by atoms with Gasteiger partial charge >= 0.3 is 0 Å². The van der Waals surface area contributed by atoms with Crippen LogP contribution in [0.4, 0.5) is 0 Å². The van der Waals surface area contributed by atoms with Crippen LogP contribution in [0.3, 0.4) is 0 Å². The lowest BCUT2D eigenvalue weighted by atomic mass is 9.80. The van der Waals surface area contributed by atoms with Crippen LogP contribution in [0.25, 0.3) is 10.8 Å². The van der Waals surface area contributed by atoms with Gasteiger partial charge in [0.05, 0.1) is 6.10 Å². The summed E-state index contributed by atoms with van der Waals surface area (Å²) < 4.78 is 0. The molecule has 0 radical (unpaired) electrons. The lowest BCUT2D eigenvalue weighted by molar-refractivity contribution is 0.107. The van der Waals surface area contributed by atoms with Crippen molar-refractivity contribution >= 4 is 10.8 Å². The van der Waals surface area contributed by atoms with E-state index in [2.05, 4.69) is 42.5 Å². The quantitative estimate of drug-likeness (QED) is 0.783. The first-order valence-corrected chi connectivity index (χ1v) is 6.52. The van der Waals surface area contributed by atoms with Gasteiger partial charge in [-0.1, -0.05) is 55.3 Å². The lowest BCUT2D eigenvalue weighted by Crippen LogP contribution is -2.22. The molecule has 2 aromatic carbocycles. The van der Waals surface area contributed by atoms with Crippen LogP contribution in [0, 0.1) is 0 Å². The fourth-order valence-corrected chi connectivity index (χ4v) is 3.05. The molecule has 88 valence electrons. The largest absolute Gasteiger partial charge is 0.392 e. The monoisotopic (exact) mass is 226 g/mol. The van der Waals surface area contributed by atoms with E-state index >= 15 is 0 Å². The van der Waals surface area contributed by atoms with Gasteiger partial charge in [0.15, 0.2) is 0 Å². The first-order chi connectivity index (χ1) is 8.36. The Balaban J connectivity index is 2.10. The van der Waals surface area contributed by atoms with Crippen molar-refractivity contribution in [2.45, 2.75) is 37.7 Å². The molecule has 1 aliphatic rings. The minimum absolute atomic E-state index is 0.158. The van der Waals surface area contributed by atoms with E-state index in [1.54, 1.807) is 0 Å². The van der Waals surface area contributed by atoms with E-state index in [1.165, 1.54) is 29.2 Å². The molecule has 3 rings (SSSR count). The summed E-state index contributed by atoms with van der Waals surface area (Å²) in [6.45, 7) is 0. The molecule has 0 aliphatic heterocycles. The molecule has 1 nitrogen and oxygen atoms in total. The molecule has 1 heteroatoms. The molecule has 17 heavy (non-hydrogen) atoms. The van der Waals surface area contributed by atoms with Crippen LogP contribution >= 0.6 is 0 Å². The van der Waals surface area contributed by atoms with Crippen molar-refractivity contribution in [2.24, 2.45) is 0 Å². The van der Waals surface area contributed by atoms with E-state index in [0.29, 0.717) is 5.92 Å². The maximum Gasteiger partial charge on any atom is 0.0608 e. The average molecular weight is 226 g/mol. The molecular weight excluding hydrogens is 208 g/mol. The molecule has 1 saturated carbocycles. The number of hydrogen-bond acceptors (Lipinski definition) is 1. The maximum atomic E-state index is 10.2. The molecular formula is C16H18O. The van der Waals surface area contributed by atoms with E-state index in [1.807, 2.05) is 0 Å². The van der Waals surface area contributed by atoms with Crippen LogP contribution in [-0.2, 0) is 0 Å². The van der Waals surface area contributed by atoms with Crippen LogP contribution in [0.1, 0.15) is 37.2 Å². The van der Waals surface area contributed by atoms with Gasteiger partial charge in [0, 0.05) is 5.92 Å². The number of aliphatic hydroxyl groups excluding tert-OH is 1. The molecule has 1 aliphatic carbocycles. The van der Waals surface area contributed by atoms with Gasteiger partial charge < -0.3 is 5.11 Å². The number of hydrogen-bond donors (Lipinski definition) is 1. The molecule has 0 unspecified atom stereocenters. The third kappa shape index (κ3) is 1.96. The first-order valence-electron chi connectivity index (χ1n) is 6.52. The summed E-state index contributed by atoms with van der Waals surface area (Å²) >= 11 is 0. The van der Waals surface area contributed by atoms with Gasteiger partial charge in [-0.15, -0.1) is 0 Å². The molecule has 0 aromatic heterocycles. The first kappa shape index (κ1) is 10.8. The highest BCUT2D eigenvalue weighted by atomic mass is 16.3. The van der Waals surface area contributed by atoms with Crippen molar-refractivity contribution in [3.05, 3.63) is 48.0 Å². The third-order valence-electron chi connectivity index (χ3n) is 3.95. The zero-order chi connectivity index (χ0) is 11.7. The minimum atomic E-state index is -0.158. The zero-order valence-corrected chi connectivity index (χ0v) is 9.97. The highest BCUT2D eigenvalue weighted by Gasteiger charge is 2.25. The van der Waals surface area contributed by atoms with Crippen molar-refractivity contribution < 1.29 is 5.11 Å². The topological polar surface area (TPSA) is 20.2 Å². The number of benzene rings is 2. The van der Waals surface area contributed by atoms with Crippen LogP contribution < -0.4 is 0 Å². The maximum absolute atomic E-state index is 10.2. The summed E-state index contributed by atoms with van der Waals surface area (Å²) in [4.78, 5) is 0. The van der Waals surface area contributed by atoms with Crippen molar-refractivity contribution in [1.82, 2.24) is 0 Å². The molecule has 0 saturated heterocycles. The predicted molar refractivity (Wildman–Crippen MR) is 71.2 cm³/mol. The Labute approximate surface area is 102 Å². The van der Waals surface area contributed by atoms with Crippen LogP contribution in [-0.4, -0.2) is 11.2 Å². The standard InChI is InChI=1S/C16H18O/c17-16-11-4-3-9-15(16)14-10-5-7-12-6-1-2-8-13(12)14/h1-2,5-8,10,15-17H,3-4,9,11H2/t15-,16-/m0/s1. The van der Waals surface area contributed by atoms with E-state index in [0.717, 1.165) is 12.8 Å². The fourth-order valence-electron chi connectivity index (χ4n) is 3.05. The van der Waals surface area contributed by atoms with E-state index in [9.17, 15) is 5.11 Å². The Kier molecular flexibility index (Phi) is 2.86.